The summed E-state index contributed by atoms with van der Waals surface area (Å²) in [4.78, 5) is 13.3. The maximum absolute atomic E-state index is 11.8. The molecule has 0 atom stereocenters. The molecule has 5 heteroatoms. The molecule has 1 aromatic rings. The molecular formula is C15H18N2O3. The zero-order valence-corrected chi connectivity index (χ0v) is 11.9. The lowest BCUT2D eigenvalue weighted by molar-refractivity contribution is -0.103. The van der Waals surface area contributed by atoms with Gasteiger partial charge in [0.05, 0.1) is 24.7 Å². The molecule has 1 aliphatic heterocycles. The lowest BCUT2D eigenvalue weighted by atomic mass is 9.86. The SMILES string of the molecule is CC(C)(C)OC(=O)N1CC(O)(c2ccc(C#N)cc2)C1. The van der Waals surface area contributed by atoms with Gasteiger partial charge in [0.1, 0.15) is 11.2 Å². The van der Waals surface area contributed by atoms with Crippen LogP contribution in [-0.2, 0) is 10.3 Å². The van der Waals surface area contributed by atoms with Crippen LogP contribution >= 0.6 is 0 Å². The number of ether oxygens (including phenoxy) is 1. The maximum Gasteiger partial charge on any atom is 0.410 e. The number of benzene rings is 1. The predicted molar refractivity (Wildman–Crippen MR) is 72.9 cm³/mol. The second-order valence-electron chi connectivity index (χ2n) is 6.06. The highest BCUT2D eigenvalue weighted by molar-refractivity contribution is 5.70. The number of nitrogens with zero attached hydrogens (tertiary/aromatic N) is 2. The van der Waals surface area contributed by atoms with Crippen molar-refractivity contribution in [3.05, 3.63) is 35.4 Å². The van der Waals surface area contributed by atoms with Gasteiger partial charge in [0.15, 0.2) is 0 Å². The predicted octanol–water partition coefficient (Wildman–Crippen LogP) is 2.00. The van der Waals surface area contributed by atoms with Crippen LogP contribution in [0.15, 0.2) is 24.3 Å². The lowest BCUT2D eigenvalue weighted by Crippen LogP contribution is -2.61. The molecule has 1 N–H and O–H groups in total. The first kappa shape index (κ1) is 14.4. The van der Waals surface area contributed by atoms with Crippen LogP contribution < -0.4 is 0 Å². The van der Waals surface area contributed by atoms with Gasteiger partial charge < -0.3 is 14.7 Å². The summed E-state index contributed by atoms with van der Waals surface area (Å²) in [5.41, 5.74) is -0.346. The number of nitriles is 1. The minimum atomic E-state index is -1.05. The van der Waals surface area contributed by atoms with Gasteiger partial charge in [0.25, 0.3) is 0 Å². The average Bonchev–Trinajstić information content (AvgIpc) is 2.33. The van der Waals surface area contributed by atoms with E-state index < -0.39 is 17.3 Å². The van der Waals surface area contributed by atoms with E-state index in [1.165, 1.54) is 4.90 Å². The molecule has 0 bridgehead atoms. The summed E-state index contributed by atoms with van der Waals surface area (Å²) in [5, 5.41) is 19.2. The molecule has 1 aliphatic rings. The number of likely N-dealkylation sites (tertiary alicyclic amines) is 1. The molecule has 0 radical (unpaired) electrons. The molecule has 0 saturated carbocycles. The summed E-state index contributed by atoms with van der Waals surface area (Å²) in [6, 6.07) is 8.77. The van der Waals surface area contributed by atoms with Crippen LogP contribution in [0.1, 0.15) is 31.9 Å². The first-order valence-electron chi connectivity index (χ1n) is 6.44. The third-order valence-corrected chi connectivity index (χ3v) is 3.11. The average molecular weight is 274 g/mol. The maximum atomic E-state index is 11.8. The van der Waals surface area contributed by atoms with Gasteiger partial charge in [0.2, 0.25) is 0 Å². The number of β-amino-alcohol motifs (C(OH)–C–C–N with tert-alkyl or cyclic N) is 1. The van der Waals surface area contributed by atoms with Gasteiger partial charge in [-0.1, -0.05) is 12.1 Å². The molecule has 1 heterocycles. The van der Waals surface area contributed by atoms with Gasteiger partial charge in [-0.2, -0.15) is 5.26 Å². The smallest absolute Gasteiger partial charge is 0.410 e. The van der Waals surface area contributed by atoms with E-state index in [0.717, 1.165) is 0 Å². The number of aliphatic hydroxyl groups is 1. The quantitative estimate of drug-likeness (QED) is 0.850. The molecule has 1 fully saturated rings. The Hall–Kier alpha value is -2.06. The Kier molecular flexibility index (Phi) is 3.45. The number of carbonyl (C=O) groups is 1. The molecule has 0 spiro atoms. The number of amides is 1. The van der Waals surface area contributed by atoms with Gasteiger partial charge in [-0.25, -0.2) is 4.79 Å². The van der Waals surface area contributed by atoms with E-state index in [0.29, 0.717) is 11.1 Å². The van der Waals surface area contributed by atoms with E-state index in [2.05, 4.69) is 0 Å². The number of hydrogen-bond donors (Lipinski definition) is 1. The van der Waals surface area contributed by atoms with Crippen LogP contribution in [0.5, 0.6) is 0 Å². The van der Waals surface area contributed by atoms with Crippen LogP contribution in [0.25, 0.3) is 0 Å². The third-order valence-electron chi connectivity index (χ3n) is 3.11. The molecular weight excluding hydrogens is 256 g/mol. The Morgan fingerprint density at radius 2 is 1.90 bits per heavy atom. The summed E-state index contributed by atoms with van der Waals surface area (Å²) >= 11 is 0. The zero-order chi connectivity index (χ0) is 15.0. The van der Waals surface area contributed by atoms with Crippen LogP contribution in [0.3, 0.4) is 0 Å². The zero-order valence-electron chi connectivity index (χ0n) is 11.9. The van der Waals surface area contributed by atoms with E-state index in [1.807, 2.05) is 6.07 Å². The molecule has 1 amide bonds. The normalized spacial score (nSPS) is 17.1. The molecule has 2 rings (SSSR count). The highest BCUT2D eigenvalue weighted by atomic mass is 16.6. The van der Waals surface area contributed by atoms with Crippen LogP contribution in [-0.4, -0.2) is 34.8 Å². The topological polar surface area (TPSA) is 73.6 Å². The summed E-state index contributed by atoms with van der Waals surface area (Å²) in [6.07, 6.45) is -0.421. The number of carbonyl (C=O) groups excluding carboxylic acids is 1. The van der Waals surface area contributed by atoms with Gasteiger partial charge in [-0.05, 0) is 38.5 Å². The van der Waals surface area contributed by atoms with E-state index in [9.17, 15) is 9.90 Å². The Bertz CT molecular complexity index is 546. The molecule has 0 aliphatic carbocycles. The summed E-state index contributed by atoms with van der Waals surface area (Å²) in [6.45, 7) is 5.81. The third kappa shape index (κ3) is 2.91. The molecule has 0 aromatic heterocycles. The highest BCUT2D eigenvalue weighted by Crippen LogP contribution is 2.32. The number of rotatable bonds is 1. The first-order chi connectivity index (χ1) is 9.23. The highest BCUT2D eigenvalue weighted by Gasteiger charge is 2.46. The van der Waals surface area contributed by atoms with Crippen molar-refractivity contribution < 1.29 is 14.6 Å². The van der Waals surface area contributed by atoms with E-state index in [-0.39, 0.29) is 13.1 Å². The second-order valence-corrected chi connectivity index (χ2v) is 6.06. The Balaban J connectivity index is 2.00. The van der Waals surface area contributed by atoms with Crippen molar-refractivity contribution in [1.29, 1.82) is 5.26 Å². The lowest BCUT2D eigenvalue weighted by Gasteiger charge is -2.46. The molecule has 1 aromatic carbocycles. The van der Waals surface area contributed by atoms with Crippen molar-refractivity contribution in [3.63, 3.8) is 0 Å². The fourth-order valence-electron chi connectivity index (χ4n) is 2.08. The fraction of sp³-hybridized carbons (Fsp3) is 0.467. The van der Waals surface area contributed by atoms with Crippen LogP contribution in [0.4, 0.5) is 4.79 Å². The van der Waals surface area contributed by atoms with Gasteiger partial charge >= 0.3 is 6.09 Å². The Labute approximate surface area is 118 Å². The number of hydrogen-bond acceptors (Lipinski definition) is 4. The molecule has 106 valence electrons. The van der Waals surface area contributed by atoms with Crippen molar-refractivity contribution in [2.45, 2.75) is 32.0 Å². The van der Waals surface area contributed by atoms with Crippen molar-refractivity contribution in [2.24, 2.45) is 0 Å². The van der Waals surface area contributed by atoms with Gasteiger partial charge in [-0.3, -0.25) is 0 Å². The fourth-order valence-corrected chi connectivity index (χ4v) is 2.08. The van der Waals surface area contributed by atoms with Crippen molar-refractivity contribution in [3.8, 4) is 6.07 Å². The largest absolute Gasteiger partial charge is 0.444 e. The van der Waals surface area contributed by atoms with E-state index in [4.69, 9.17) is 10.00 Å². The van der Waals surface area contributed by atoms with Crippen molar-refractivity contribution in [2.75, 3.05) is 13.1 Å². The molecule has 0 unspecified atom stereocenters. The van der Waals surface area contributed by atoms with Gasteiger partial charge in [0, 0.05) is 0 Å². The van der Waals surface area contributed by atoms with Crippen molar-refractivity contribution >= 4 is 6.09 Å². The van der Waals surface area contributed by atoms with Crippen molar-refractivity contribution in [1.82, 2.24) is 4.90 Å². The molecule has 1 saturated heterocycles. The summed E-state index contributed by atoms with van der Waals surface area (Å²) < 4.78 is 5.24. The Morgan fingerprint density at radius 1 is 1.35 bits per heavy atom. The van der Waals surface area contributed by atoms with Crippen LogP contribution in [0.2, 0.25) is 0 Å². The minimum absolute atomic E-state index is 0.202. The standard InChI is InChI=1S/C15H18N2O3/c1-14(2,3)20-13(18)17-9-15(19,10-17)12-6-4-11(8-16)5-7-12/h4-7,19H,9-10H2,1-3H3. The summed E-state index contributed by atoms with van der Waals surface area (Å²) in [5.74, 6) is 0. The summed E-state index contributed by atoms with van der Waals surface area (Å²) in [7, 11) is 0. The van der Waals surface area contributed by atoms with E-state index >= 15 is 0 Å². The monoisotopic (exact) mass is 274 g/mol. The minimum Gasteiger partial charge on any atom is -0.444 e. The van der Waals surface area contributed by atoms with E-state index in [1.54, 1.807) is 45.0 Å². The molecule has 20 heavy (non-hydrogen) atoms. The van der Waals surface area contributed by atoms with Crippen LogP contribution in [0, 0.1) is 11.3 Å². The second kappa shape index (κ2) is 4.80. The first-order valence-corrected chi connectivity index (χ1v) is 6.44. The molecule has 5 nitrogen and oxygen atoms in total. The Morgan fingerprint density at radius 3 is 2.35 bits per heavy atom. The van der Waals surface area contributed by atoms with Gasteiger partial charge in [-0.15, -0.1) is 0 Å².